The van der Waals surface area contributed by atoms with E-state index in [-0.39, 0.29) is 23.7 Å². The minimum absolute atomic E-state index is 0.0191. The molecule has 4 saturated carbocycles. The third-order valence-electron chi connectivity index (χ3n) is 7.39. The van der Waals surface area contributed by atoms with Gasteiger partial charge in [0.1, 0.15) is 5.01 Å². The first kappa shape index (κ1) is 22.4. The average molecular weight is 478 g/mol. The van der Waals surface area contributed by atoms with Crippen molar-refractivity contribution >= 4 is 23.2 Å². The molecule has 33 heavy (non-hydrogen) atoms. The number of aromatic nitrogens is 1. The molecule has 0 atom stereocenters. The van der Waals surface area contributed by atoms with Crippen molar-refractivity contribution in [3.8, 4) is 10.6 Å². The van der Waals surface area contributed by atoms with Crippen molar-refractivity contribution in [1.29, 1.82) is 0 Å². The van der Waals surface area contributed by atoms with Gasteiger partial charge >= 0.3 is 6.18 Å². The minimum atomic E-state index is -4.38. The molecule has 6 rings (SSSR count). The molecular formula is C24H26F3N3O2S. The summed E-state index contributed by atoms with van der Waals surface area (Å²) in [7, 11) is 0. The normalized spacial score (nSPS) is 28.0. The van der Waals surface area contributed by atoms with Crippen molar-refractivity contribution in [2.24, 2.45) is 23.2 Å². The van der Waals surface area contributed by atoms with E-state index in [4.69, 9.17) is 0 Å². The van der Waals surface area contributed by atoms with Crippen LogP contribution in [0.25, 0.3) is 10.6 Å². The largest absolute Gasteiger partial charge is 0.416 e. The maximum atomic E-state index is 12.7. The van der Waals surface area contributed by atoms with Crippen molar-refractivity contribution in [3.63, 3.8) is 0 Å². The summed E-state index contributed by atoms with van der Waals surface area (Å²) in [5.74, 6) is 1.78. The smallest absolute Gasteiger partial charge is 0.273 e. The molecule has 0 aliphatic heterocycles. The van der Waals surface area contributed by atoms with Crippen molar-refractivity contribution in [1.82, 2.24) is 15.8 Å². The van der Waals surface area contributed by atoms with Gasteiger partial charge in [-0.2, -0.15) is 13.2 Å². The number of hydrogen-bond acceptors (Lipinski definition) is 4. The van der Waals surface area contributed by atoms with E-state index < -0.39 is 11.7 Å². The highest BCUT2D eigenvalue weighted by Gasteiger charge is 2.51. The van der Waals surface area contributed by atoms with Gasteiger partial charge in [-0.25, -0.2) is 4.98 Å². The number of nitrogens with one attached hydrogen (secondary N) is 2. The van der Waals surface area contributed by atoms with Gasteiger partial charge in [0.2, 0.25) is 11.8 Å². The van der Waals surface area contributed by atoms with Gasteiger partial charge in [0.25, 0.3) is 0 Å². The summed E-state index contributed by atoms with van der Waals surface area (Å²) in [6.07, 6.45) is 3.41. The van der Waals surface area contributed by atoms with Gasteiger partial charge in [0.05, 0.1) is 17.7 Å². The van der Waals surface area contributed by atoms with Crippen molar-refractivity contribution in [2.45, 2.75) is 57.5 Å². The number of thiazole rings is 1. The molecule has 0 spiro atoms. The van der Waals surface area contributed by atoms with Crippen LogP contribution in [0.3, 0.4) is 0 Å². The van der Waals surface area contributed by atoms with E-state index in [1.807, 2.05) is 0 Å². The molecular weight excluding hydrogens is 451 g/mol. The summed E-state index contributed by atoms with van der Waals surface area (Å²) in [4.78, 5) is 29.2. The quantitative estimate of drug-likeness (QED) is 0.587. The number of amides is 2. The molecule has 1 aromatic heterocycles. The molecule has 0 unspecified atom stereocenters. The van der Waals surface area contributed by atoms with Crippen LogP contribution in [0.4, 0.5) is 13.2 Å². The lowest BCUT2D eigenvalue weighted by molar-refractivity contribution is -0.137. The minimum Gasteiger partial charge on any atom is -0.273 e. The Morgan fingerprint density at radius 1 is 0.970 bits per heavy atom. The first-order valence-electron chi connectivity index (χ1n) is 11.4. The highest BCUT2D eigenvalue weighted by Crippen LogP contribution is 2.61. The zero-order valence-electron chi connectivity index (χ0n) is 18.1. The Morgan fingerprint density at radius 3 is 2.12 bits per heavy atom. The fraction of sp³-hybridized carbons (Fsp3) is 0.542. The molecule has 4 aliphatic rings. The highest BCUT2D eigenvalue weighted by molar-refractivity contribution is 7.13. The summed E-state index contributed by atoms with van der Waals surface area (Å²) in [5.41, 5.74) is 5.51. The van der Waals surface area contributed by atoms with Crippen LogP contribution in [0, 0.1) is 23.2 Å². The van der Waals surface area contributed by atoms with Crippen LogP contribution >= 0.6 is 11.3 Å². The third kappa shape index (κ3) is 4.93. The summed E-state index contributed by atoms with van der Waals surface area (Å²) >= 11 is 1.26. The number of hydrogen-bond donors (Lipinski definition) is 2. The van der Waals surface area contributed by atoms with Crippen LogP contribution in [0.5, 0.6) is 0 Å². The van der Waals surface area contributed by atoms with Crippen LogP contribution in [-0.4, -0.2) is 16.8 Å². The lowest BCUT2D eigenvalue weighted by Gasteiger charge is -2.56. The van der Waals surface area contributed by atoms with E-state index in [0.717, 1.165) is 49.1 Å². The zero-order valence-corrected chi connectivity index (χ0v) is 18.9. The summed E-state index contributed by atoms with van der Waals surface area (Å²) in [6.45, 7) is 0. The number of carbonyl (C=O) groups excluding carboxylic acids is 2. The number of halogens is 3. The van der Waals surface area contributed by atoms with E-state index in [1.165, 1.54) is 42.7 Å². The van der Waals surface area contributed by atoms with Crippen molar-refractivity contribution in [2.75, 3.05) is 0 Å². The van der Waals surface area contributed by atoms with Crippen LogP contribution in [0.1, 0.15) is 56.2 Å². The number of rotatable bonds is 5. The van der Waals surface area contributed by atoms with E-state index >= 15 is 0 Å². The second-order valence-corrected chi connectivity index (χ2v) is 10.9. The molecule has 9 heteroatoms. The summed E-state index contributed by atoms with van der Waals surface area (Å²) in [5, 5.41) is 2.24. The van der Waals surface area contributed by atoms with Crippen LogP contribution < -0.4 is 10.9 Å². The fourth-order valence-electron chi connectivity index (χ4n) is 6.56. The highest BCUT2D eigenvalue weighted by atomic mass is 32.1. The molecule has 176 valence electrons. The molecule has 2 N–H and O–H groups in total. The molecule has 2 aromatic rings. The molecule has 4 aliphatic carbocycles. The van der Waals surface area contributed by atoms with Crippen LogP contribution in [-0.2, 0) is 22.2 Å². The van der Waals surface area contributed by atoms with E-state index in [9.17, 15) is 22.8 Å². The SMILES string of the molecule is O=C(Cc1csc(-c2ccc(C(F)(F)F)cc2)n1)NNC(=O)CC12CC3CC(CC(C3)C1)C2. The van der Waals surface area contributed by atoms with Gasteiger partial charge in [-0.3, -0.25) is 20.4 Å². The molecule has 0 radical (unpaired) electrons. The molecule has 4 bridgehead atoms. The molecule has 0 saturated heterocycles. The molecule has 4 fully saturated rings. The Labute approximate surface area is 194 Å². The van der Waals surface area contributed by atoms with E-state index in [2.05, 4.69) is 15.8 Å². The van der Waals surface area contributed by atoms with Crippen molar-refractivity contribution in [3.05, 3.63) is 40.9 Å². The first-order chi connectivity index (χ1) is 15.7. The number of alkyl halides is 3. The second-order valence-electron chi connectivity index (χ2n) is 10.1. The predicted molar refractivity (Wildman–Crippen MR) is 118 cm³/mol. The maximum Gasteiger partial charge on any atom is 0.416 e. The fourth-order valence-corrected chi connectivity index (χ4v) is 7.39. The number of nitrogens with zero attached hydrogens (tertiary/aromatic N) is 1. The molecule has 5 nitrogen and oxygen atoms in total. The molecule has 1 heterocycles. The van der Waals surface area contributed by atoms with Gasteiger partial charge in [-0.15, -0.1) is 11.3 Å². The molecule has 2 amide bonds. The van der Waals surface area contributed by atoms with Gasteiger partial charge in [0, 0.05) is 17.4 Å². The standard InChI is InChI=1S/C24H26F3N3O2S/c25-24(26,27)18-3-1-17(2-4-18)22-28-19(13-33-22)8-20(31)29-30-21(32)12-23-9-14-5-15(10-23)7-16(6-14)11-23/h1-4,13-16H,5-12H2,(H,29,31)(H,30,32). The van der Waals surface area contributed by atoms with Gasteiger partial charge in [0.15, 0.2) is 0 Å². The summed E-state index contributed by atoms with van der Waals surface area (Å²) < 4.78 is 38.2. The van der Waals surface area contributed by atoms with E-state index in [1.54, 1.807) is 5.38 Å². The zero-order chi connectivity index (χ0) is 23.2. The van der Waals surface area contributed by atoms with Gasteiger partial charge in [-0.1, -0.05) is 12.1 Å². The average Bonchev–Trinajstić information content (AvgIpc) is 3.19. The number of carbonyl (C=O) groups is 2. The van der Waals surface area contributed by atoms with E-state index in [0.29, 0.717) is 22.7 Å². The lowest BCUT2D eigenvalue weighted by Crippen LogP contribution is -2.50. The summed E-state index contributed by atoms with van der Waals surface area (Å²) in [6, 6.07) is 4.78. The number of benzene rings is 1. The predicted octanol–water partition coefficient (Wildman–Crippen LogP) is 5.13. The van der Waals surface area contributed by atoms with Crippen LogP contribution in [0.15, 0.2) is 29.6 Å². The van der Waals surface area contributed by atoms with Gasteiger partial charge < -0.3 is 0 Å². The Balaban J connectivity index is 1.12. The Kier molecular flexibility index (Phi) is 5.71. The third-order valence-corrected chi connectivity index (χ3v) is 8.33. The molecule has 1 aromatic carbocycles. The van der Waals surface area contributed by atoms with Crippen molar-refractivity contribution < 1.29 is 22.8 Å². The number of hydrazine groups is 1. The Morgan fingerprint density at radius 2 is 1.55 bits per heavy atom. The first-order valence-corrected chi connectivity index (χ1v) is 12.3. The van der Waals surface area contributed by atoms with Crippen LogP contribution in [0.2, 0.25) is 0 Å². The Bertz CT molecular complexity index is 1010. The Hall–Kier alpha value is -2.42. The second kappa shape index (κ2) is 8.42. The monoisotopic (exact) mass is 477 g/mol. The van der Waals surface area contributed by atoms with Gasteiger partial charge in [-0.05, 0) is 73.8 Å². The maximum absolute atomic E-state index is 12.7. The lowest BCUT2D eigenvalue weighted by atomic mass is 9.49. The topological polar surface area (TPSA) is 71.1 Å².